The SMILES string of the molecule is O=C1Cc2cc3c(cc2CC(Cc2ccccc2)O1)C(c1ccnc(C(F)(F)F)c1)=NC3. The van der Waals surface area contributed by atoms with E-state index in [-0.39, 0.29) is 18.5 Å². The van der Waals surface area contributed by atoms with Crippen molar-refractivity contribution in [2.45, 2.75) is 38.1 Å². The summed E-state index contributed by atoms with van der Waals surface area (Å²) in [5, 5.41) is 0. The number of halogens is 3. The van der Waals surface area contributed by atoms with Gasteiger partial charge in [-0.25, -0.2) is 0 Å². The Kier molecular flexibility index (Phi) is 5.04. The standard InChI is InChI=1S/C25H19F3N2O2/c26-25(27,28)22-12-16(6-7-29-22)24-21-11-18-10-20(8-15-4-2-1-3-5-15)32-23(31)13-17(18)9-19(21)14-30-24/h1-7,9,11-12,20H,8,10,13-14H2. The number of ether oxygens (including phenoxy) is 1. The number of alkyl halides is 3. The van der Waals surface area contributed by atoms with E-state index in [4.69, 9.17) is 4.74 Å². The number of carbonyl (C=O) groups is 1. The number of hydrogen-bond donors (Lipinski definition) is 0. The van der Waals surface area contributed by atoms with Crippen LogP contribution in [0.15, 0.2) is 65.8 Å². The molecule has 0 fully saturated rings. The van der Waals surface area contributed by atoms with Gasteiger partial charge in [-0.15, -0.1) is 0 Å². The average molecular weight is 436 g/mol. The number of cyclic esters (lactones) is 1. The summed E-state index contributed by atoms with van der Waals surface area (Å²) in [5.74, 6) is -0.271. The molecule has 3 aromatic rings. The first kappa shape index (κ1) is 20.4. The van der Waals surface area contributed by atoms with Crippen molar-refractivity contribution >= 4 is 11.7 Å². The van der Waals surface area contributed by atoms with Gasteiger partial charge in [0.2, 0.25) is 0 Å². The van der Waals surface area contributed by atoms with E-state index < -0.39 is 11.9 Å². The first-order valence-corrected chi connectivity index (χ1v) is 10.3. The lowest BCUT2D eigenvalue weighted by Crippen LogP contribution is -2.21. The van der Waals surface area contributed by atoms with E-state index >= 15 is 0 Å². The Balaban J connectivity index is 1.48. The monoisotopic (exact) mass is 436 g/mol. The minimum atomic E-state index is -4.52. The highest BCUT2D eigenvalue weighted by molar-refractivity contribution is 6.15. The highest BCUT2D eigenvalue weighted by Gasteiger charge is 2.33. The molecular formula is C25H19F3N2O2. The maximum absolute atomic E-state index is 13.1. The topological polar surface area (TPSA) is 51.5 Å². The van der Waals surface area contributed by atoms with Gasteiger partial charge in [-0.3, -0.25) is 14.8 Å². The van der Waals surface area contributed by atoms with Crippen molar-refractivity contribution in [3.63, 3.8) is 0 Å². The molecule has 2 aliphatic heterocycles. The van der Waals surface area contributed by atoms with Crippen LogP contribution in [0, 0.1) is 0 Å². The third-order valence-electron chi connectivity index (χ3n) is 5.80. The lowest BCUT2D eigenvalue weighted by atomic mass is 9.91. The van der Waals surface area contributed by atoms with Crippen LogP contribution in [-0.2, 0) is 41.5 Å². The first-order valence-electron chi connectivity index (χ1n) is 10.3. The Morgan fingerprint density at radius 1 is 1.00 bits per heavy atom. The van der Waals surface area contributed by atoms with E-state index in [9.17, 15) is 18.0 Å². The van der Waals surface area contributed by atoms with Crippen LogP contribution >= 0.6 is 0 Å². The van der Waals surface area contributed by atoms with Gasteiger partial charge in [-0.1, -0.05) is 36.4 Å². The van der Waals surface area contributed by atoms with Crippen molar-refractivity contribution in [3.05, 3.63) is 99.9 Å². The molecule has 0 saturated carbocycles. The van der Waals surface area contributed by atoms with Crippen LogP contribution in [0.3, 0.4) is 0 Å². The van der Waals surface area contributed by atoms with Gasteiger partial charge in [0, 0.05) is 30.2 Å². The highest BCUT2D eigenvalue weighted by atomic mass is 19.4. The fourth-order valence-electron chi connectivity index (χ4n) is 4.34. The summed E-state index contributed by atoms with van der Waals surface area (Å²) in [4.78, 5) is 20.3. The maximum atomic E-state index is 13.1. The van der Waals surface area contributed by atoms with Gasteiger partial charge >= 0.3 is 12.1 Å². The molecule has 32 heavy (non-hydrogen) atoms. The average Bonchev–Trinajstić information content (AvgIpc) is 3.09. The maximum Gasteiger partial charge on any atom is 0.433 e. The molecule has 1 atom stereocenters. The zero-order valence-electron chi connectivity index (χ0n) is 17.0. The van der Waals surface area contributed by atoms with Gasteiger partial charge in [0.05, 0.1) is 18.7 Å². The van der Waals surface area contributed by atoms with Crippen LogP contribution in [0.1, 0.15) is 39.1 Å². The van der Waals surface area contributed by atoms with Crippen LogP contribution in [0.4, 0.5) is 13.2 Å². The van der Waals surface area contributed by atoms with E-state index in [0.717, 1.165) is 40.1 Å². The Bertz CT molecular complexity index is 1220. The Morgan fingerprint density at radius 2 is 1.81 bits per heavy atom. The second-order valence-electron chi connectivity index (χ2n) is 8.05. The van der Waals surface area contributed by atoms with Gasteiger partial charge in [0.15, 0.2) is 0 Å². The molecule has 5 rings (SSSR count). The van der Waals surface area contributed by atoms with Crippen molar-refractivity contribution in [1.82, 2.24) is 4.98 Å². The van der Waals surface area contributed by atoms with Crippen LogP contribution in [0.5, 0.6) is 0 Å². The summed E-state index contributed by atoms with van der Waals surface area (Å²) < 4.78 is 45.1. The zero-order valence-corrected chi connectivity index (χ0v) is 17.0. The van der Waals surface area contributed by atoms with E-state index in [0.29, 0.717) is 30.7 Å². The summed E-state index contributed by atoms with van der Waals surface area (Å²) in [6.07, 6.45) is -2.34. The number of esters is 1. The number of carbonyl (C=O) groups excluding carboxylic acids is 1. The molecule has 1 unspecified atom stereocenters. The molecule has 3 heterocycles. The smallest absolute Gasteiger partial charge is 0.433 e. The first-order chi connectivity index (χ1) is 15.4. The summed E-state index contributed by atoms with van der Waals surface area (Å²) >= 11 is 0. The second-order valence-corrected chi connectivity index (χ2v) is 8.05. The highest BCUT2D eigenvalue weighted by Crippen LogP contribution is 2.32. The van der Waals surface area contributed by atoms with Gasteiger partial charge in [-0.2, -0.15) is 13.2 Å². The lowest BCUT2D eigenvalue weighted by Gasteiger charge is -2.16. The van der Waals surface area contributed by atoms with Crippen molar-refractivity contribution in [2.75, 3.05) is 0 Å². The molecule has 4 nitrogen and oxygen atoms in total. The molecule has 7 heteroatoms. The van der Waals surface area contributed by atoms with Gasteiger partial charge in [-0.05, 0) is 40.5 Å². The largest absolute Gasteiger partial charge is 0.461 e. The van der Waals surface area contributed by atoms with Crippen LogP contribution in [0.25, 0.3) is 0 Å². The van der Waals surface area contributed by atoms with Gasteiger partial charge in [0.1, 0.15) is 11.8 Å². The Morgan fingerprint density at radius 3 is 2.59 bits per heavy atom. The van der Waals surface area contributed by atoms with Gasteiger partial charge in [0.25, 0.3) is 0 Å². The second kappa shape index (κ2) is 7.89. The van der Waals surface area contributed by atoms with Crippen LogP contribution < -0.4 is 0 Å². The number of pyridine rings is 1. The fraction of sp³-hybridized carbons (Fsp3) is 0.240. The minimum absolute atomic E-state index is 0.177. The number of fused-ring (bicyclic) bond motifs is 2. The Labute approximate surface area is 182 Å². The van der Waals surface area contributed by atoms with Crippen molar-refractivity contribution in [1.29, 1.82) is 0 Å². The van der Waals surface area contributed by atoms with Crippen molar-refractivity contribution in [2.24, 2.45) is 4.99 Å². The predicted octanol–water partition coefficient (Wildman–Crippen LogP) is 4.70. The molecule has 0 amide bonds. The van der Waals surface area contributed by atoms with Gasteiger partial charge < -0.3 is 4.74 Å². The Hall–Kier alpha value is -3.48. The number of benzene rings is 2. The molecule has 0 bridgehead atoms. The van der Waals surface area contributed by atoms with Crippen molar-refractivity contribution in [3.8, 4) is 0 Å². The number of rotatable bonds is 3. The lowest BCUT2D eigenvalue weighted by molar-refractivity contribution is -0.147. The number of nitrogens with zero attached hydrogens (tertiary/aromatic N) is 2. The zero-order chi connectivity index (χ0) is 22.3. The third-order valence-corrected chi connectivity index (χ3v) is 5.80. The molecular weight excluding hydrogens is 417 g/mol. The summed E-state index contributed by atoms with van der Waals surface area (Å²) in [5.41, 5.74) is 4.60. The number of hydrogen-bond acceptors (Lipinski definition) is 4. The third kappa shape index (κ3) is 4.02. The molecule has 0 aliphatic carbocycles. The molecule has 1 aromatic heterocycles. The molecule has 0 saturated heterocycles. The molecule has 0 radical (unpaired) electrons. The molecule has 0 N–H and O–H groups in total. The normalized spacial score (nSPS) is 17.8. The molecule has 2 aliphatic rings. The van der Waals surface area contributed by atoms with Crippen molar-refractivity contribution < 1.29 is 22.7 Å². The molecule has 162 valence electrons. The van der Waals surface area contributed by atoms with E-state index in [1.807, 2.05) is 42.5 Å². The number of aliphatic imine (C=N–C) groups is 1. The van der Waals surface area contributed by atoms with Crippen LogP contribution in [-0.4, -0.2) is 22.8 Å². The number of aromatic nitrogens is 1. The van der Waals surface area contributed by atoms with E-state index in [2.05, 4.69) is 9.98 Å². The quantitative estimate of drug-likeness (QED) is 0.559. The summed E-state index contributed by atoms with van der Waals surface area (Å²) in [6, 6.07) is 16.3. The predicted molar refractivity (Wildman–Crippen MR) is 112 cm³/mol. The molecule has 2 aromatic carbocycles. The summed E-state index contributed by atoms with van der Waals surface area (Å²) in [7, 11) is 0. The summed E-state index contributed by atoms with van der Waals surface area (Å²) in [6.45, 7) is 0.365. The minimum Gasteiger partial charge on any atom is -0.461 e. The fourth-order valence-corrected chi connectivity index (χ4v) is 4.34. The van der Waals surface area contributed by atoms with E-state index in [1.54, 1.807) is 6.07 Å². The van der Waals surface area contributed by atoms with Crippen LogP contribution in [0.2, 0.25) is 0 Å². The van der Waals surface area contributed by atoms with E-state index in [1.165, 1.54) is 0 Å². The molecule has 0 spiro atoms.